The fraction of sp³-hybridized carbons (Fsp3) is 0.348. The smallest absolute Gasteiger partial charge is 0.272 e. The van der Waals surface area contributed by atoms with Gasteiger partial charge < -0.3 is 20.6 Å². The Morgan fingerprint density at radius 3 is 2.65 bits per heavy atom. The first kappa shape index (κ1) is 21.7. The molecule has 1 aliphatic carbocycles. The first-order valence-corrected chi connectivity index (χ1v) is 11.1. The highest BCUT2D eigenvalue weighted by atomic mass is 35.5. The summed E-state index contributed by atoms with van der Waals surface area (Å²) in [6, 6.07) is 15.1. The highest BCUT2D eigenvalue weighted by molar-refractivity contribution is 7.80. The van der Waals surface area contributed by atoms with Crippen molar-refractivity contribution in [3.8, 4) is 0 Å². The number of amides is 1. The summed E-state index contributed by atoms with van der Waals surface area (Å²) in [6.07, 6.45) is 2.84. The van der Waals surface area contributed by atoms with Crippen molar-refractivity contribution < 1.29 is 9.90 Å². The summed E-state index contributed by atoms with van der Waals surface area (Å²) in [5, 5.41) is 17.1. The van der Waals surface area contributed by atoms with Crippen molar-refractivity contribution in [1.29, 1.82) is 0 Å². The predicted octanol–water partition coefficient (Wildman–Crippen LogP) is 3.25. The number of hydrogen-bond acceptors (Lipinski definition) is 4. The van der Waals surface area contributed by atoms with Crippen molar-refractivity contribution in [3.05, 3.63) is 64.7 Å². The first-order valence-electron chi connectivity index (χ1n) is 10.3. The monoisotopic (exact) mass is 456 g/mol. The molecule has 1 unspecified atom stereocenters. The van der Waals surface area contributed by atoms with Gasteiger partial charge in [0.05, 0.1) is 23.5 Å². The van der Waals surface area contributed by atoms with Crippen molar-refractivity contribution in [2.24, 2.45) is 4.99 Å². The molecule has 0 saturated heterocycles. The number of carbonyl (C=O) groups excluding carboxylic acids is 1. The van der Waals surface area contributed by atoms with Crippen molar-refractivity contribution in [2.45, 2.75) is 37.4 Å². The molecule has 0 spiro atoms. The summed E-state index contributed by atoms with van der Waals surface area (Å²) in [7, 11) is 1.72. The van der Waals surface area contributed by atoms with Gasteiger partial charge in [-0.1, -0.05) is 54.8 Å². The molecule has 2 aliphatic rings. The number of aliphatic imine (C=N–C) groups is 1. The SMILES string of the molecule is CN1C(=O)C(NC(=S)NC2(CO)CCCC2)N=C(c2ccccc2)c2cc(Cl)ccc21. The fourth-order valence-electron chi connectivity index (χ4n) is 4.24. The van der Waals surface area contributed by atoms with Gasteiger partial charge in [-0.3, -0.25) is 4.79 Å². The highest BCUT2D eigenvalue weighted by Crippen LogP contribution is 2.31. The molecule has 0 radical (unpaired) electrons. The molecule has 8 heteroatoms. The van der Waals surface area contributed by atoms with Gasteiger partial charge in [0.1, 0.15) is 0 Å². The van der Waals surface area contributed by atoms with E-state index in [0.717, 1.165) is 42.5 Å². The van der Waals surface area contributed by atoms with Gasteiger partial charge in [-0.2, -0.15) is 0 Å². The zero-order valence-corrected chi connectivity index (χ0v) is 18.8. The number of hydrogen-bond donors (Lipinski definition) is 3. The number of carbonyl (C=O) groups is 1. The molecule has 3 N–H and O–H groups in total. The fourth-order valence-corrected chi connectivity index (χ4v) is 4.74. The van der Waals surface area contributed by atoms with E-state index in [4.69, 9.17) is 28.8 Å². The van der Waals surface area contributed by atoms with E-state index in [9.17, 15) is 9.90 Å². The molecular weight excluding hydrogens is 432 g/mol. The van der Waals surface area contributed by atoms with Crippen LogP contribution < -0.4 is 15.5 Å². The van der Waals surface area contributed by atoms with Crippen molar-refractivity contribution >= 4 is 46.2 Å². The van der Waals surface area contributed by atoms with E-state index in [1.54, 1.807) is 18.0 Å². The summed E-state index contributed by atoms with van der Waals surface area (Å²) >= 11 is 11.8. The number of aliphatic hydroxyl groups is 1. The number of halogens is 1. The number of anilines is 1. The molecule has 1 fully saturated rings. The molecule has 1 atom stereocenters. The van der Waals surface area contributed by atoms with Crippen LogP contribution in [0.4, 0.5) is 5.69 Å². The van der Waals surface area contributed by atoms with Crippen LogP contribution in [0.15, 0.2) is 53.5 Å². The molecule has 2 aromatic carbocycles. The number of nitrogens with one attached hydrogen (secondary N) is 2. The summed E-state index contributed by atoms with van der Waals surface area (Å²) in [6.45, 7) is -0.00416. The summed E-state index contributed by atoms with van der Waals surface area (Å²) in [5.41, 5.74) is 2.60. The first-order chi connectivity index (χ1) is 14.9. The molecule has 0 bridgehead atoms. The average Bonchev–Trinajstić information content (AvgIpc) is 3.21. The van der Waals surface area contributed by atoms with Crippen LogP contribution in [0.2, 0.25) is 5.02 Å². The Hall–Kier alpha value is -2.48. The minimum atomic E-state index is -0.913. The lowest BCUT2D eigenvalue weighted by molar-refractivity contribution is -0.119. The summed E-state index contributed by atoms with van der Waals surface area (Å²) in [4.78, 5) is 19.6. The van der Waals surface area contributed by atoms with Gasteiger partial charge in [0.15, 0.2) is 5.11 Å². The molecule has 0 aromatic heterocycles. The lowest BCUT2D eigenvalue weighted by Gasteiger charge is -2.30. The molecule has 1 aliphatic heterocycles. The number of thiocarbonyl (C=S) groups is 1. The maximum atomic E-state index is 13.3. The Kier molecular flexibility index (Phi) is 6.27. The topological polar surface area (TPSA) is 77.0 Å². The number of rotatable bonds is 4. The second-order valence-electron chi connectivity index (χ2n) is 8.05. The van der Waals surface area contributed by atoms with E-state index >= 15 is 0 Å². The number of aliphatic hydroxyl groups excluding tert-OH is 1. The molecule has 1 heterocycles. The molecule has 1 saturated carbocycles. The maximum absolute atomic E-state index is 13.3. The van der Waals surface area contributed by atoms with E-state index in [1.165, 1.54) is 0 Å². The van der Waals surface area contributed by atoms with Crippen molar-refractivity contribution in [3.63, 3.8) is 0 Å². The van der Waals surface area contributed by atoms with E-state index in [-0.39, 0.29) is 12.5 Å². The lowest BCUT2D eigenvalue weighted by atomic mass is 9.99. The highest BCUT2D eigenvalue weighted by Gasteiger charge is 2.35. The van der Waals surface area contributed by atoms with Crippen molar-refractivity contribution in [2.75, 3.05) is 18.6 Å². The number of benzodiazepines with no additional fused rings is 1. The van der Waals surface area contributed by atoms with Gasteiger partial charge in [0, 0.05) is 23.2 Å². The van der Waals surface area contributed by atoms with Gasteiger partial charge in [-0.15, -0.1) is 0 Å². The third kappa shape index (κ3) is 4.44. The van der Waals surface area contributed by atoms with E-state index in [1.807, 2.05) is 42.5 Å². The van der Waals surface area contributed by atoms with Crippen LogP contribution in [-0.4, -0.2) is 47.2 Å². The van der Waals surface area contributed by atoms with Crippen LogP contribution in [0.1, 0.15) is 36.8 Å². The van der Waals surface area contributed by atoms with Crippen LogP contribution in [-0.2, 0) is 4.79 Å². The minimum Gasteiger partial charge on any atom is -0.394 e. The quantitative estimate of drug-likeness (QED) is 0.616. The van der Waals surface area contributed by atoms with Crippen LogP contribution >= 0.6 is 23.8 Å². The summed E-state index contributed by atoms with van der Waals surface area (Å²) in [5.74, 6) is -0.233. The van der Waals surface area contributed by atoms with Gasteiger partial charge >= 0.3 is 0 Å². The van der Waals surface area contributed by atoms with Crippen LogP contribution in [0, 0.1) is 0 Å². The molecule has 31 heavy (non-hydrogen) atoms. The zero-order chi connectivity index (χ0) is 22.0. The van der Waals surface area contributed by atoms with Crippen LogP contribution in [0.3, 0.4) is 0 Å². The molecular formula is C23H25ClN4O2S. The third-order valence-corrected chi connectivity index (χ3v) is 6.41. The molecule has 4 rings (SSSR count). The molecule has 6 nitrogen and oxygen atoms in total. The van der Waals surface area contributed by atoms with Gasteiger partial charge in [-0.05, 0) is 43.3 Å². The van der Waals surface area contributed by atoms with Gasteiger partial charge in [0.2, 0.25) is 6.17 Å². The van der Waals surface area contributed by atoms with Gasteiger partial charge in [-0.25, -0.2) is 4.99 Å². The largest absolute Gasteiger partial charge is 0.394 e. The Balaban J connectivity index is 1.70. The lowest BCUT2D eigenvalue weighted by Crippen LogP contribution is -2.56. The maximum Gasteiger partial charge on any atom is 0.272 e. The van der Waals surface area contributed by atoms with Crippen molar-refractivity contribution in [1.82, 2.24) is 10.6 Å². The Morgan fingerprint density at radius 2 is 1.97 bits per heavy atom. The normalized spacial score (nSPS) is 20.0. The average molecular weight is 457 g/mol. The van der Waals surface area contributed by atoms with E-state index in [2.05, 4.69) is 10.6 Å². The van der Waals surface area contributed by atoms with E-state index in [0.29, 0.717) is 15.8 Å². The number of fused-ring (bicyclic) bond motifs is 1. The Bertz CT molecular complexity index is 1020. The standard InChI is InChI=1S/C23H25ClN4O2S/c1-28-18-10-9-16(24)13-17(18)19(15-7-3-2-4-8-15)25-20(21(28)30)26-22(31)27-23(14-29)11-5-6-12-23/h2-4,7-10,13,20,29H,5-6,11-12,14H2,1H3,(H2,26,27,31). The second kappa shape index (κ2) is 8.94. The number of likely N-dealkylation sites (N-methyl/N-ethyl adjacent to an activating group) is 1. The zero-order valence-electron chi connectivity index (χ0n) is 17.3. The molecule has 2 aromatic rings. The molecule has 1 amide bonds. The Morgan fingerprint density at radius 1 is 1.26 bits per heavy atom. The van der Waals surface area contributed by atoms with Crippen LogP contribution in [0.5, 0.6) is 0 Å². The number of nitrogens with zero attached hydrogens (tertiary/aromatic N) is 2. The summed E-state index contributed by atoms with van der Waals surface area (Å²) < 4.78 is 0. The minimum absolute atomic E-state index is 0.00416. The molecule has 162 valence electrons. The van der Waals surface area contributed by atoms with Gasteiger partial charge in [0.25, 0.3) is 5.91 Å². The second-order valence-corrected chi connectivity index (χ2v) is 8.89. The number of benzene rings is 2. The third-order valence-electron chi connectivity index (χ3n) is 5.95. The van der Waals surface area contributed by atoms with E-state index < -0.39 is 11.7 Å². The van der Waals surface area contributed by atoms with Crippen LogP contribution in [0.25, 0.3) is 0 Å². The predicted molar refractivity (Wildman–Crippen MR) is 128 cm³/mol. The Labute approximate surface area is 192 Å².